The van der Waals surface area contributed by atoms with E-state index in [-0.39, 0.29) is 11.6 Å². The molecule has 3 aromatic rings. The number of hydrogen-bond donors (Lipinski definition) is 3. The van der Waals surface area contributed by atoms with Gasteiger partial charge in [0.1, 0.15) is 15.5 Å². The average Bonchev–Trinajstić information content (AvgIpc) is 3.05. The lowest BCUT2D eigenvalue weighted by molar-refractivity contribution is 0.0959. The van der Waals surface area contributed by atoms with E-state index in [9.17, 15) is 9.18 Å². The SMILES string of the molecule is Nc1c(C(=O)NCCc2ccc(N3CCNCC3)c(Cl)c2)sc2ncc(F)cc12. The summed E-state index contributed by atoms with van der Waals surface area (Å²) in [7, 11) is 0. The van der Waals surface area contributed by atoms with Crippen molar-refractivity contribution >= 4 is 50.4 Å². The number of thiophene rings is 1. The molecule has 1 aromatic carbocycles. The van der Waals surface area contributed by atoms with Gasteiger partial charge in [0.25, 0.3) is 5.91 Å². The smallest absolute Gasteiger partial charge is 0.263 e. The summed E-state index contributed by atoms with van der Waals surface area (Å²) in [6, 6.07) is 7.32. The van der Waals surface area contributed by atoms with Crippen molar-refractivity contribution in [3.05, 3.63) is 51.7 Å². The van der Waals surface area contributed by atoms with Gasteiger partial charge in [-0.3, -0.25) is 4.79 Å². The maximum atomic E-state index is 13.4. The number of nitrogens with zero attached hydrogens (tertiary/aromatic N) is 2. The van der Waals surface area contributed by atoms with Crippen LogP contribution < -0.4 is 21.3 Å². The number of fused-ring (bicyclic) bond motifs is 1. The first-order valence-corrected chi connectivity index (χ1v) is 10.6. The Morgan fingerprint density at radius 2 is 2.14 bits per heavy atom. The molecule has 4 rings (SSSR count). The third kappa shape index (κ3) is 4.29. The van der Waals surface area contributed by atoms with Crippen LogP contribution in [-0.4, -0.2) is 43.6 Å². The van der Waals surface area contributed by atoms with Crippen molar-refractivity contribution in [3.63, 3.8) is 0 Å². The highest BCUT2D eigenvalue weighted by molar-refractivity contribution is 7.21. The van der Waals surface area contributed by atoms with Gasteiger partial charge in [0.2, 0.25) is 0 Å². The molecule has 0 spiro atoms. The summed E-state index contributed by atoms with van der Waals surface area (Å²) in [6.45, 7) is 4.22. The van der Waals surface area contributed by atoms with Crippen molar-refractivity contribution in [2.24, 2.45) is 0 Å². The Kier molecular flexibility index (Phi) is 5.84. The molecule has 0 unspecified atom stereocenters. The Hall–Kier alpha value is -2.42. The first kappa shape index (κ1) is 19.9. The van der Waals surface area contributed by atoms with Crippen molar-refractivity contribution in [2.75, 3.05) is 43.4 Å². The van der Waals surface area contributed by atoms with E-state index in [0.717, 1.165) is 60.0 Å². The molecular weight excluding hydrogens is 413 g/mol. The van der Waals surface area contributed by atoms with Gasteiger partial charge in [0, 0.05) is 38.1 Å². The Balaban J connectivity index is 1.38. The van der Waals surface area contributed by atoms with Crippen LogP contribution in [0.4, 0.5) is 15.8 Å². The van der Waals surface area contributed by atoms with Gasteiger partial charge in [-0.1, -0.05) is 17.7 Å². The van der Waals surface area contributed by atoms with E-state index in [0.29, 0.717) is 28.1 Å². The predicted octanol–water partition coefficient (Wildman–Crippen LogP) is 3.05. The summed E-state index contributed by atoms with van der Waals surface area (Å²) in [5.41, 5.74) is 8.36. The van der Waals surface area contributed by atoms with Crippen molar-refractivity contribution in [1.82, 2.24) is 15.6 Å². The Labute approximate surface area is 176 Å². The van der Waals surface area contributed by atoms with Crippen molar-refractivity contribution in [3.8, 4) is 0 Å². The number of benzene rings is 1. The normalized spacial score (nSPS) is 14.3. The fraction of sp³-hybridized carbons (Fsp3) is 0.300. The maximum Gasteiger partial charge on any atom is 0.263 e. The maximum absolute atomic E-state index is 13.4. The zero-order valence-corrected chi connectivity index (χ0v) is 17.2. The number of anilines is 2. The second kappa shape index (κ2) is 8.52. The molecule has 2 aromatic heterocycles. The monoisotopic (exact) mass is 433 g/mol. The standard InChI is InChI=1S/C20H21ClFN5OS/c21-15-9-12(1-2-16(15)27-7-5-24-6-8-27)3-4-25-19(28)18-17(23)14-10-13(22)11-26-20(14)29-18/h1-2,9-11,24H,3-8,23H2,(H,25,28). The molecule has 1 amide bonds. The third-order valence-corrected chi connectivity index (χ3v) is 6.36. The summed E-state index contributed by atoms with van der Waals surface area (Å²) in [4.78, 5) is 19.7. The molecule has 1 saturated heterocycles. The lowest BCUT2D eigenvalue weighted by Crippen LogP contribution is -2.43. The number of rotatable bonds is 5. The molecule has 0 atom stereocenters. The number of amides is 1. The molecule has 1 aliphatic heterocycles. The van der Waals surface area contributed by atoms with E-state index in [1.807, 2.05) is 18.2 Å². The van der Waals surface area contributed by atoms with Gasteiger partial charge >= 0.3 is 0 Å². The quantitative estimate of drug-likeness (QED) is 0.576. The van der Waals surface area contributed by atoms with Gasteiger partial charge in [0.15, 0.2) is 0 Å². The van der Waals surface area contributed by atoms with E-state index in [1.54, 1.807) is 0 Å². The molecule has 6 nitrogen and oxygen atoms in total. The highest BCUT2D eigenvalue weighted by atomic mass is 35.5. The predicted molar refractivity (Wildman–Crippen MR) is 117 cm³/mol. The molecule has 1 aliphatic rings. The summed E-state index contributed by atoms with van der Waals surface area (Å²) >= 11 is 7.64. The zero-order valence-electron chi connectivity index (χ0n) is 15.7. The number of pyridine rings is 1. The van der Waals surface area contributed by atoms with Gasteiger partial charge in [-0.15, -0.1) is 11.3 Å². The van der Waals surface area contributed by atoms with Crippen LogP contribution in [-0.2, 0) is 6.42 Å². The largest absolute Gasteiger partial charge is 0.397 e. The Morgan fingerprint density at radius 1 is 1.34 bits per heavy atom. The number of piperazine rings is 1. The minimum Gasteiger partial charge on any atom is -0.397 e. The fourth-order valence-corrected chi connectivity index (χ4v) is 4.70. The first-order valence-electron chi connectivity index (χ1n) is 9.39. The van der Waals surface area contributed by atoms with E-state index in [1.165, 1.54) is 6.07 Å². The second-order valence-electron chi connectivity index (χ2n) is 6.88. The molecule has 152 valence electrons. The highest BCUT2D eigenvalue weighted by Crippen LogP contribution is 2.32. The molecule has 0 bridgehead atoms. The molecule has 9 heteroatoms. The second-order valence-corrected chi connectivity index (χ2v) is 8.29. The average molecular weight is 434 g/mol. The van der Waals surface area contributed by atoms with Crippen molar-refractivity contribution in [2.45, 2.75) is 6.42 Å². The van der Waals surface area contributed by atoms with Crippen molar-refractivity contribution in [1.29, 1.82) is 0 Å². The highest BCUT2D eigenvalue weighted by Gasteiger charge is 2.18. The van der Waals surface area contributed by atoms with Gasteiger partial charge in [0.05, 0.1) is 22.6 Å². The third-order valence-electron chi connectivity index (χ3n) is 4.93. The number of nitrogens with two attached hydrogens (primary N) is 1. The number of carbonyl (C=O) groups is 1. The van der Waals surface area contributed by atoms with E-state index < -0.39 is 5.82 Å². The summed E-state index contributed by atoms with van der Waals surface area (Å²) in [5.74, 6) is -0.760. The molecule has 29 heavy (non-hydrogen) atoms. The topological polar surface area (TPSA) is 83.3 Å². The zero-order chi connectivity index (χ0) is 20.4. The lowest BCUT2D eigenvalue weighted by Gasteiger charge is -2.30. The van der Waals surface area contributed by atoms with Gasteiger partial charge < -0.3 is 21.3 Å². The Bertz CT molecular complexity index is 1050. The molecule has 1 fully saturated rings. The molecule has 0 aliphatic carbocycles. The fourth-order valence-electron chi connectivity index (χ4n) is 3.41. The van der Waals surface area contributed by atoms with Crippen molar-refractivity contribution < 1.29 is 9.18 Å². The number of nitrogens with one attached hydrogen (secondary N) is 2. The summed E-state index contributed by atoms with van der Waals surface area (Å²) in [6.07, 6.45) is 1.76. The Morgan fingerprint density at radius 3 is 2.90 bits per heavy atom. The number of aromatic nitrogens is 1. The molecule has 0 saturated carbocycles. The van der Waals surface area contributed by atoms with Crippen LogP contribution in [0.15, 0.2) is 30.5 Å². The number of halogens is 2. The van der Waals surface area contributed by atoms with E-state index >= 15 is 0 Å². The summed E-state index contributed by atoms with van der Waals surface area (Å²) < 4.78 is 13.4. The van der Waals surface area contributed by atoms with Crippen LogP contribution in [0.1, 0.15) is 15.2 Å². The van der Waals surface area contributed by atoms with E-state index in [4.69, 9.17) is 17.3 Å². The number of hydrogen-bond acceptors (Lipinski definition) is 6. The van der Waals surface area contributed by atoms with Crippen LogP contribution in [0, 0.1) is 5.82 Å². The minimum absolute atomic E-state index is 0.262. The van der Waals surface area contributed by atoms with Gasteiger partial charge in [-0.2, -0.15) is 0 Å². The van der Waals surface area contributed by atoms with Gasteiger partial charge in [-0.05, 0) is 30.2 Å². The van der Waals surface area contributed by atoms with Crippen LogP contribution in [0.2, 0.25) is 5.02 Å². The molecule has 4 N–H and O–H groups in total. The summed E-state index contributed by atoms with van der Waals surface area (Å²) in [5, 5.41) is 7.38. The van der Waals surface area contributed by atoms with Crippen LogP contribution >= 0.6 is 22.9 Å². The van der Waals surface area contributed by atoms with Crippen LogP contribution in [0.5, 0.6) is 0 Å². The van der Waals surface area contributed by atoms with Crippen LogP contribution in [0.3, 0.4) is 0 Å². The molecule has 0 radical (unpaired) electrons. The van der Waals surface area contributed by atoms with Crippen LogP contribution in [0.25, 0.3) is 10.2 Å². The van der Waals surface area contributed by atoms with E-state index in [2.05, 4.69) is 20.5 Å². The lowest BCUT2D eigenvalue weighted by atomic mass is 10.1. The first-order chi connectivity index (χ1) is 14.0. The number of nitrogen functional groups attached to an aromatic ring is 1. The van der Waals surface area contributed by atoms with Gasteiger partial charge in [-0.25, -0.2) is 9.37 Å². The minimum atomic E-state index is -0.477. The number of carbonyl (C=O) groups excluding carboxylic acids is 1. The molecule has 3 heterocycles. The molecular formula is C20H21ClFN5OS.